The fraction of sp³-hybridized carbons (Fsp3) is 0. The highest BCUT2D eigenvalue weighted by Crippen LogP contribution is 2.16. The van der Waals surface area contributed by atoms with Crippen LogP contribution < -0.4 is 10.1 Å². The molecule has 0 fully saturated rings. The molecule has 18 heavy (non-hydrogen) atoms. The largest absolute Gasteiger partial charge is 0.432 e. The summed E-state index contributed by atoms with van der Waals surface area (Å²) in [6, 6.07) is 16.3. The molecule has 2 rings (SSSR count). The molecule has 0 saturated heterocycles. The van der Waals surface area contributed by atoms with Crippen LogP contribution in [0.15, 0.2) is 54.6 Å². The Bertz CT molecular complexity index is 573. The SMILES string of the molecule is [C-]#[N+]c1ccc(NC(=S)Oc2ccccc2)cc1. The summed E-state index contributed by atoms with van der Waals surface area (Å²) in [5.41, 5.74) is 1.39. The van der Waals surface area contributed by atoms with Crippen molar-refractivity contribution in [2.45, 2.75) is 0 Å². The van der Waals surface area contributed by atoms with Gasteiger partial charge in [0.2, 0.25) is 0 Å². The molecule has 0 aromatic heterocycles. The van der Waals surface area contributed by atoms with Crippen LogP contribution in [0, 0.1) is 6.57 Å². The fourth-order valence-electron chi connectivity index (χ4n) is 1.36. The Balaban J connectivity index is 1.97. The molecule has 0 unspecified atom stereocenters. The summed E-state index contributed by atoms with van der Waals surface area (Å²) in [5, 5.41) is 3.22. The predicted octanol–water partition coefficient (Wildman–Crippen LogP) is 4.01. The van der Waals surface area contributed by atoms with Gasteiger partial charge in [-0.2, -0.15) is 0 Å². The molecule has 0 amide bonds. The van der Waals surface area contributed by atoms with E-state index in [2.05, 4.69) is 10.2 Å². The van der Waals surface area contributed by atoms with Gasteiger partial charge in [-0.05, 0) is 36.5 Å². The highest BCUT2D eigenvalue weighted by atomic mass is 32.1. The molecule has 4 heteroatoms. The lowest BCUT2D eigenvalue weighted by Gasteiger charge is -2.09. The van der Waals surface area contributed by atoms with Crippen molar-refractivity contribution in [3.05, 3.63) is 66.0 Å². The molecule has 0 aliphatic rings. The number of nitrogens with zero attached hydrogens (tertiary/aromatic N) is 1. The number of para-hydroxylation sites is 1. The third-order valence-electron chi connectivity index (χ3n) is 2.20. The summed E-state index contributed by atoms with van der Waals surface area (Å²) in [6.45, 7) is 6.86. The maximum Gasteiger partial charge on any atom is 0.266 e. The van der Waals surface area contributed by atoms with E-state index in [-0.39, 0.29) is 5.17 Å². The van der Waals surface area contributed by atoms with Crippen LogP contribution >= 0.6 is 12.2 Å². The molecule has 0 atom stereocenters. The minimum atomic E-state index is 0.275. The average molecular weight is 254 g/mol. The topological polar surface area (TPSA) is 25.6 Å². The number of benzene rings is 2. The van der Waals surface area contributed by atoms with Gasteiger partial charge in [-0.25, -0.2) is 4.85 Å². The first-order chi connectivity index (χ1) is 8.78. The van der Waals surface area contributed by atoms with Gasteiger partial charge in [-0.3, -0.25) is 0 Å². The Labute approximate surface area is 111 Å². The second-order valence-corrected chi connectivity index (χ2v) is 3.86. The molecule has 0 heterocycles. The van der Waals surface area contributed by atoms with E-state index >= 15 is 0 Å². The number of hydrogen-bond donors (Lipinski definition) is 1. The van der Waals surface area contributed by atoms with Crippen LogP contribution in [0.4, 0.5) is 11.4 Å². The van der Waals surface area contributed by atoms with Crippen LogP contribution in [0.5, 0.6) is 5.75 Å². The third-order valence-corrected chi connectivity index (χ3v) is 2.38. The summed E-state index contributed by atoms with van der Waals surface area (Å²) >= 11 is 5.09. The molecule has 2 aromatic rings. The minimum absolute atomic E-state index is 0.275. The van der Waals surface area contributed by atoms with Crippen LogP contribution in [0.1, 0.15) is 0 Å². The van der Waals surface area contributed by atoms with E-state index in [0.717, 1.165) is 5.69 Å². The van der Waals surface area contributed by atoms with Crippen molar-refractivity contribution in [1.29, 1.82) is 0 Å². The summed E-state index contributed by atoms with van der Waals surface area (Å²) in [6.07, 6.45) is 0. The van der Waals surface area contributed by atoms with Crippen LogP contribution in [0.25, 0.3) is 4.85 Å². The Morgan fingerprint density at radius 3 is 2.33 bits per heavy atom. The summed E-state index contributed by atoms with van der Waals surface area (Å²) in [5.74, 6) is 0.688. The van der Waals surface area contributed by atoms with Crippen LogP contribution in [-0.2, 0) is 0 Å². The zero-order valence-corrected chi connectivity index (χ0v) is 10.3. The predicted molar refractivity (Wildman–Crippen MR) is 76.0 cm³/mol. The van der Waals surface area contributed by atoms with Crippen LogP contribution in [0.2, 0.25) is 0 Å². The van der Waals surface area contributed by atoms with Crippen molar-refractivity contribution in [2.75, 3.05) is 5.32 Å². The molecule has 0 aliphatic heterocycles. The molecule has 2 aromatic carbocycles. The molecule has 0 spiro atoms. The van der Waals surface area contributed by atoms with Gasteiger partial charge in [-0.1, -0.05) is 30.3 Å². The minimum Gasteiger partial charge on any atom is -0.432 e. The standard InChI is InChI=1S/C14H10N2OS/c1-15-11-7-9-12(10-8-11)16-14(18)17-13-5-3-2-4-6-13/h2-10H,(H,16,18). The van der Waals surface area contributed by atoms with Crippen molar-refractivity contribution in [2.24, 2.45) is 0 Å². The van der Waals surface area contributed by atoms with Crippen LogP contribution in [-0.4, -0.2) is 5.17 Å². The van der Waals surface area contributed by atoms with Gasteiger partial charge in [0.25, 0.3) is 5.17 Å². The number of hydrogen-bond acceptors (Lipinski definition) is 2. The maximum absolute atomic E-state index is 6.86. The zero-order valence-electron chi connectivity index (χ0n) is 9.46. The molecular weight excluding hydrogens is 244 g/mol. The fourth-order valence-corrected chi connectivity index (χ4v) is 1.57. The lowest BCUT2D eigenvalue weighted by atomic mass is 10.3. The van der Waals surface area contributed by atoms with Crippen LogP contribution in [0.3, 0.4) is 0 Å². The van der Waals surface area contributed by atoms with Gasteiger partial charge in [0, 0.05) is 5.69 Å². The number of thiocarbonyl (C=S) groups is 1. The first-order valence-corrected chi connectivity index (χ1v) is 5.70. The molecule has 0 saturated carbocycles. The van der Waals surface area contributed by atoms with Gasteiger partial charge in [0.05, 0.1) is 6.57 Å². The lowest BCUT2D eigenvalue weighted by Crippen LogP contribution is -2.16. The van der Waals surface area contributed by atoms with Crippen molar-refractivity contribution in [1.82, 2.24) is 0 Å². The first kappa shape index (κ1) is 12.1. The van der Waals surface area contributed by atoms with E-state index in [0.29, 0.717) is 11.4 Å². The third kappa shape index (κ3) is 3.30. The summed E-state index contributed by atoms with van der Waals surface area (Å²) < 4.78 is 5.43. The Kier molecular flexibility index (Phi) is 3.90. The van der Waals surface area contributed by atoms with Gasteiger partial charge < -0.3 is 10.1 Å². The second-order valence-electron chi connectivity index (χ2n) is 3.49. The summed E-state index contributed by atoms with van der Waals surface area (Å²) in [4.78, 5) is 3.32. The van der Waals surface area contributed by atoms with Crippen molar-refractivity contribution in [3.63, 3.8) is 0 Å². The van der Waals surface area contributed by atoms with Crippen molar-refractivity contribution >= 4 is 28.8 Å². The molecule has 0 aliphatic carbocycles. The first-order valence-electron chi connectivity index (χ1n) is 5.29. The molecule has 0 radical (unpaired) electrons. The highest BCUT2D eigenvalue weighted by molar-refractivity contribution is 7.80. The number of rotatable bonds is 2. The van der Waals surface area contributed by atoms with Gasteiger partial charge >= 0.3 is 0 Å². The molecule has 3 nitrogen and oxygen atoms in total. The highest BCUT2D eigenvalue weighted by Gasteiger charge is 2.00. The number of ether oxygens (including phenoxy) is 1. The Morgan fingerprint density at radius 2 is 1.72 bits per heavy atom. The average Bonchev–Trinajstić information content (AvgIpc) is 2.40. The molecule has 88 valence electrons. The number of anilines is 1. The normalized spacial score (nSPS) is 9.28. The van der Waals surface area contributed by atoms with Crippen molar-refractivity contribution in [3.8, 4) is 5.75 Å². The molecule has 1 N–H and O–H groups in total. The number of nitrogens with one attached hydrogen (secondary N) is 1. The van der Waals surface area contributed by atoms with Gasteiger partial charge in [0.1, 0.15) is 5.75 Å². The van der Waals surface area contributed by atoms with E-state index in [1.54, 1.807) is 24.3 Å². The summed E-state index contributed by atoms with van der Waals surface area (Å²) in [7, 11) is 0. The zero-order chi connectivity index (χ0) is 12.8. The van der Waals surface area contributed by atoms with E-state index in [1.165, 1.54) is 0 Å². The quantitative estimate of drug-likeness (QED) is 0.647. The van der Waals surface area contributed by atoms with Gasteiger partial charge in [0.15, 0.2) is 5.69 Å². The second kappa shape index (κ2) is 5.80. The Morgan fingerprint density at radius 1 is 1.06 bits per heavy atom. The van der Waals surface area contributed by atoms with E-state index < -0.39 is 0 Å². The monoisotopic (exact) mass is 254 g/mol. The maximum atomic E-state index is 6.86. The van der Waals surface area contributed by atoms with E-state index in [9.17, 15) is 0 Å². The van der Waals surface area contributed by atoms with E-state index in [4.69, 9.17) is 23.5 Å². The van der Waals surface area contributed by atoms with Gasteiger partial charge in [-0.15, -0.1) is 0 Å². The molecular formula is C14H10N2OS. The van der Waals surface area contributed by atoms with E-state index in [1.807, 2.05) is 30.3 Å². The lowest BCUT2D eigenvalue weighted by molar-refractivity contribution is 0.563. The van der Waals surface area contributed by atoms with Crippen molar-refractivity contribution < 1.29 is 4.74 Å². The smallest absolute Gasteiger partial charge is 0.266 e. The Hall–Kier alpha value is -2.38. The molecule has 0 bridgehead atoms.